The second kappa shape index (κ2) is 5.62. The van der Waals surface area contributed by atoms with E-state index in [4.69, 9.17) is 9.47 Å². The van der Waals surface area contributed by atoms with E-state index in [1.165, 1.54) is 0 Å². The molecule has 1 aromatic carbocycles. The summed E-state index contributed by atoms with van der Waals surface area (Å²) in [5.41, 5.74) is 1.67. The van der Waals surface area contributed by atoms with Gasteiger partial charge in [-0.15, -0.1) is 0 Å². The minimum absolute atomic E-state index is 0.0855. The molecule has 1 unspecified atom stereocenters. The molecule has 0 bridgehead atoms. The number of ether oxygens (including phenoxy) is 2. The summed E-state index contributed by atoms with van der Waals surface area (Å²) in [5.74, 6) is 2.38. The zero-order valence-corrected chi connectivity index (χ0v) is 13.3. The molecule has 0 radical (unpaired) electrons. The van der Waals surface area contributed by atoms with Crippen molar-refractivity contribution in [2.45, 2.75) is 12.6 Å². The Kier molecular flexibility index (Phi) is 3.16. The highest BCUT2D eigenvalue weighted by molar-refractivity contribution is 5.72. The van der Waals surface area contributed by atoms with Crippen LogP contribution in [0.25, 0.3) is 17.0 Å². The minimum atomic E-state index is -0.0855. The Morgan fingerprint density at radius 3 is 2.92 bits per heavy atom. The van der Waals surface area contributed by atoms with Crippen LogP contribution in [0.5, 0.6) is 11.5 Å². The van der Waals surface area contributed by atoms with E-state index in [1.54, 1.807) is 23.1 Å². The van der Waals surface area contributed by atoms with Gasteiger partial charge in [0, 0.05) is 24.8 Å². The number of imidazole rings is 1. The fraction of sp³-hybridized carbons (Fsp3) is 0.167. The van der Waals surface area contributed by atoms with Crippen LogP contribution in [0.2, 0.25) is 0 Å². The van der Waals surface area contributed by atoms with E-state index in [0.29, 0.717) is 13.2 Å². The highest BCUT2D eigenvalue weighted by atomic mass is 16.6. The molecule has 0 aliphatic carbocycles. The van der Waals surface area contributed by atoms with Crippen LogP contribution in [0, 0.1) is 0 Å². The monoisotopic (exact) mass is 333 g/mol. The van der Waals surface area contributed by atoms with Crippen molar-refractivity contribution < 1.29 is 9.47 Å². The summed E-state index contributed by atoms with van der Waals surface area (Å²) >= 11 is 0. The van der Waals surface area contributed by atoms with Gasteiger partial charge < -0.3 is 14.0 Å². The van der Waals surface area contributed by atoms with Crippen molar-refractivity contribution in [3.8, 4) is 22.9 Å². The summed E-state index contributed by atoms with van der Waals surface area (Å²) in [5, 5.41) is 4.34. The SMILES string of the molecule is c1ccc2c(c1)OCC(Cn1ccnc1-c1cnn3cccnc13)O2. The molecule has 1 aliphatic heterocycles. The topological polar surface area (TPSA) is 66.5 Å². The zero-order valence-electron chi connectivity index (χ0n) is 13.3. The highest BCUT2D eigenvalue weighted by Crippen LogP contribution is 2.31. The number of rotatable bonds is 3. The molecular weight excluding hydrogens is 318 g/mol. The van der Waals surface area contributed by atoms with Crippen LogP contribution in [-0.2, 0) is 6.54 Å². The summed E-state index contributed by atoms with van der Waals surface area (Å²) in [6.45, 7) is 1.13. The maximum absolute atomic E-state index is 6.06. The van der Waals surface area contributed by atoms with Crippen LogP contribution in [0.3, 0.4) is 0 Å². The quantitative estimate of drug-likeness (QED) is 0.576. The molecule has 0 N–H and O–H groups in total. The van der Waals surface area contributed by atoms with Gasteiger partial charge in [-0.05, 0) is 18.2 Å². The Hall–Kier alpha value is -3.35. The van der Waals surface area contributed by atoms with E-state index in [9.17, 15) is 0 Å². The Labute approximate surface area is 143 Å². The molecule has 3 aromatic heterocycles. The van der Waals surface area contributed by atoms with Gasteiger partial charge in [-0.2, -0.15) is 5.10 Å². The molecule has 1 aliphatic rings. The van der Waals surface area contributed by atoms with Crippen molar-refractivity contribution >= 4 is 5.65 Å². The van der Waals surface area contributed by atoms with Crippen molar-refractivity contribution in [1.82, 2.24) is 24.1 Å². The van der Waals surface area contributed by atoms with E-state index in [2.05, 4.69) is 15.1 Å². The van der Waals surface area contributed by atoms with Crippen LogP contribution in [0.1, 0.15) is 0 Å². The van der Waals surface area contributed by atoms with Crippen molar-refractivity contribution in [3.05, 3.63) is 61.3 Å². The smallest absolute Gasteiger partial charge is 0.165 e. The maximum atomic E-state index is 6.06. The van der Waals surface area contributed by atoms with Gasteiger partial charge in [-0.3, -0.25) is 0 Å². The van der Waals surface area contributed by atoms with Crippen LogP contribution in [0.4, 0.5) is 0 Å². The van der Waals surface area contributed by atoms with E-state index in [-0.39, 0.29) is 6.10 Å². The van der Waals surface area contributed by atoms with Crippen molar-refractivity contribution in [2.24, 2.45) is 0 Å². The van der Waals surface area contributed by atoms with Gasteiger partial charge in [0.05, 0.1) is 18.3 Å². The number of aromatic nitrogens is 5. The van der Waals surface area contributed by atoms with Crippen molar-refractivity contribution in [1.29, 1.82) is 0 Å². The lowest BCUT2D eigenvalue weighted by atomic mass is 10.2. The van der Waals surface area contributed by atoms with Gasteiger partial charge >= 0.3 is 0 Å². The average Bonchev–Trinajstić information content (AvgIpc) is 3.28. The summed E-state index contributed by atoms with van der Waals surface area (Å²) < 4.78 is 15.6. The predicted octanol–water partition coefficient (Wildman–Crippen LogP) is 2.43. The Balaban J connectivity index is 1.45. The summed E-state index contributed by atoms with van der Waals surface area (Å²) in [7, 11) is 0. The fourth-order valence-corrected chi connectivity index (χ4v) is 3.06. The first-order chi connectivity index (χ1) is 12.4. The number of hydrogen-bond acceptors (Lipinski definition) is 5. The number of fused-ring (bicyclic) bond motifs is 2. The number of nitrogens with zero attached hydrogens (tertiary/aromatic N) is 5. The highest BCUT2D eigenvalue weighted by Gasteiger charge is 2.23. The molecule has 0 saturated heterocycles. The molecule has 5 rings (SSSR count). The lowest BCUT2D eigenvalue weighted by Crippen LogP contribution is -2.33. The maximum Gasteiger partial charge on any atom is 0.165 e. The van der Waals surface area contributed by atoms with Crippen LogP contribution in [0.15, 0.2) is 61.3 Å². The van der Waals surface area contributed by atoms with E-state index in [0.717, 1.165) is 28.5 Å². The Morgan fingerprint density at radius 1 is 1.04 bits per heavy atom. The number of benzene rings is 1. The molecule has 7 nitrogen and oxygen atoms in total. The fourth-order valence-electron chi connectivity index (χ4n) is 3.06. The molecular formula is C18H15N5O2. The number of hydrogen-bond donors (Lipinski definition) is 0. The van der Waals surface area contributed by atoms with E-state index < -0.39 is 0 Å². The Morgan fingerprint density at radius 2 is 1.96 bits per heavy atom. The molecule has 1 atom stereocenters. The standard InChI is InChI=1S/C18H15N5O2/c1-2-5-16-15(4-1)24-12-13(25-16)11-22-9-7-20-17(22)14-10-21-23-8-3-6-19-18(14)23/h1-10,13H,11-12H2. The second-order valence-corrected chi connectivity index (χ2v) is 5.85. The van der Waals surface area contributed by atoms with Crippen LogP contribution < -0.4 is 9.47 Å². The molecule has 0 spiro atoms. The molecule has 124 valence electrons. The molecule has 7 heteroatoms. The van der Waals surface area contributed by atoms with Crippen LogP contribution >= 0.6 is 0 Å². The van der Waals surface area contributed by atoms with E-state index >= 15 is 0 Å². The van der Waals surface area contributed by atoms with Crippen LogP contribution in [-0.4, -0.2) is 36.9 Å². The predicted molar refractivity (Wildman–Crippen MR) is 90.6 cm³/mol. The lowest BCUT2D eigenvalue weighted by Gasteiger charge is -2.27. The normalized spacial score (nSPS) is 16.2. The summed E-state index contributed by atoms with van der Waals surface area (Å²) in [6, 6.07) is 9.57. The minimum Gasteiger partial charge on any atom is -0.486 e. The summed E-state index contributed by atoms with van der Waals surface area (Å²) in [4.78, 5) is 8.90. The van der Waals surface area contributed by atoms with Gasteiger partial charge in [0.2, 0.25) is 0 Å². The number of para-hydroxylation sites is 2. The van der Waals surface area contributed by atoms with Crippen molar-refractivity contribution in [3.63, 3.8) is 0 Å². The summed E-state index contributed by atoms with van der Waals surface area (Å²) in [6.07, 6.45) is 9.04. The van der Waals surface area contributed by atoms with Gasteiger partial charge in [0.15, 0.2) is 23.3 Å². The first kappa shape index (κ1) is 14.0. The third-order valence-electron chi connectivity index (χ3n) is 4.20. The molecule has 25 heavy (non-hydrogen) atoms. The van der Waals surface area contributed by atoms with Gasteiger partial charge in [0.1, 0.15) is 12.4 Å². The zero-order chi connectivity index (χ0) is 16.6. The first-order valence-electron chi connectivity index (χ1n) is 8.07. The molecule has 0 amide bonds. The van der Waals surface area contributed by atoms with Gasteiger partial charge in [-0.25, -0.2) is 14.5 Å². The van der Waals surface area contributed by atoms with E-state index in [1.807, 2.05) is 47.3 Å². The second-order valence-electron chi connectivity index (χ2n) is 5.85. The third kappa shape index (κ3) is 2.40. The average molecular weight is 333 g/mol. The largest absolute Gasteiger partial charge is 0.486 e. The lowest BCUT2D eigenvalue weighted by molar-refractivity contribution is 0.0788. The van der Waals surface area contributed by atoms with Gasteiger partial charge in [0.25, 0.3) is 0 Å². The molecule has 0 fully saturated rings. The first-order valence-corrected chi connectivity index (χ1v) is 8.07. The Bertz CT molecular complexity index is 1040. The molecule has 4 heterocycles. The third-order valence-corrected chi connectivity index (χ3v) is 4.20. The molecule has 0 saturated carbocycles. The van der Waals surface area contributed by atoms with Gasteiger partial charge in [-0.1, -0.05) is 12.1 Å². The van der Waals surface area contributed by atoms with Crippen molar-refractivity contribution in [2.75, 3.05) is 6.61 Å². The molecule has 4 aromatic rings.